The molecule has 0 atom stereocenters. The SMILES string of the molecule is Cc1nc(C(=O)NCCCCCCC(=O)O)c(C)s1. The van der Waals surface area contributed by atoms with Gasteiger partial charge in [-0.25, -0.2) is 4.98 Å². The van der Waals surface area contributed by atoms with Crippen LogP contribution >= 0.6 is 11.3 Å². The van der Waals surface area contributed by atoms with Crippen LogP contribution in [0.25, 0.3) is 0 Å². The van der Waals surface area contributed by atoms with Crippen molar-refractivity contribution < 1.29 is 14.7 Å². The predicted octanol–water partition coefficient (Wildman–Crippen LogP) is 2.52. The van der Waals surface area contributed by atoms with Gasteiger partial charge in [-0.1, -0.05) is 12.8 Å². The van der Waals surface area contributed by atoms with Gasteiger partial charge in [-0.15, -0.1) is 11.3 Å². The lowest BCUT2D eigenvalue weighted by Gasteiger charge is -2.03. The largest absolute Gasteiger partial charge is 0.481 e. The number of thiazole rings is 1. The first-order chi connectivity index (χ1) is 9.00. The van der Waals surface area contributed by atoms with Gasteiger partial charge in [0.1, 0.15) is 5.69 Å². The van der Waals surface area contributed by atoms with E-state index in [4.69, 9.17) is 5.11 Å². The molecule has 2 N–H and O–H groups in total. The second-order valence-electron chi connectivity index (χ2n) is 4.45. The standard InChI is InChI=1S/C13H20N2O3S/c1-9-12(15-10(2)19-9)13(18)14-8-6-4-3-5-7-11(16)17/h3-8H2,1-2H3,(H,14,18)(H,16,17). The van der Waals surface area contributed by atoms with Crippen molar-refractivity contribution in [3.63, 3.8) is 0 Å². The molecule has 6 heteroatoms. The van der Waals surface area contributed by atoms with Crippen molar-refractivity contribution in [2.45, 2.75) is 46.0 Å². The fourth-order valence-corrected chi connectivity index (χ4v) is 2.60. The van der Waals surface area contributed by atoms with Crippen molar-refractivity contribution in [2.24, 2.45) is 0 Å². The molecule has 1 aromatic heterocycles. The minimum absolute atomic E-state index is 0.118. The van der Waals surface area contributed by atoms with Gasteiger partial charge in [0.25, 0.3) is 5.91 Å². The van der Waals surface area contributed by atoms with Crippen LogP contribution in [0.5, 0.6) is 0 Å². The quantitative estimate of drug-likeness (QED) is 0.719. The number of aromatic nitrogens is 1. The molecule has 0 aliphatic rings. The topological polar surface area (TPSA) is 79.3 Å². The number of carboxylic acid groups (broad SMARTS) is 1. The van der Waals surface area contributed by atoms with Crippen LogP contribution < -0.4 is 5.32 Å². The van der Waals surface area contributed by atoms with Gasteiger partial charge in [0, 0.05) is 17.8 Å². The van der Waals surface area contributed by atoms with E-state index in [0.717, 1.165) is 29.1 Å². The summed E-state index contributed by atoms with van der Waals surface area (Å²) in [6.07, 6.45) is 3.62. The molecule has 0 radical (unpaired) electrons. The number of carboxylic acids is 1. The maximum absolute atomic E-state index is 11.8. The van der Waals surface area contributed by atoms with Gasteiger partial charge >= 0.3 is 5.97 Å². The summed E-state index contributed by atoms with van der Waals surface area (Å²) in [7, 11) is 0. The van der Waals surface area contributed by atoms with Gasteiger partial charge in [0.15, 0.2) is 0 Å². The minimum Gasteiger partial charge on any atom is -0.481 e. The first kappa shape index (κ1) is 15.6. The Bertz CT molecular complexity index is 443. The summed E-state index contributed by atoms with van der Waals surface area (Å²) >= 11 is 1.52. The minimum atomic E-state index is -0.748. The lowest BCUT2D eigenvalue weighted by Crippen LogP contribution is -2.25. The number of nitrogens with one attached hydrogen (secondary N) is 1. The van der Waals surface area contributed by atoms with Crippen molar-refractivity contribution in [1.82, 2.24) is 10.3 Å². The number of unbranched alkanes of at least 4 members (excludes halogenated alkanes) is 3. The molecule has 0 aromatic carbocycles. The van der Waals surface area contributed by atoms with Crippen LogP contribution in [0.2, 0.25) is 0 Å². The first-order valence-electron chi connectivity index (χ1n) is 6.44. The summed E-state index contributed by atoms with van der Waals surface area (Å²) < 4.78 is 0. The monoisotopic (exact) mass is 284 g/mol. The molecule has 0 fully saturated rings. The van der Waals surface area contributed by atoms with Crippen LogP contribution in [0.1, 0.15) is 52.5 Å². The maximum atomic E-state index is 11.8. The Labute approximate surface area is 117 Å². The Morgan fingerprint density at radius 1 is 1.21 bits per heavy atom. The molecule has 0 saturated carbocycles. The smallest absolute Gasteiger partial charge is 0.303 e. The van der Waals surface area contributed by atoms with E-state index in [9.17, 15) is 9.59 Å². The van der Waals surface area contributed by atoms with Crippen molar-refractivity contribution in [1.29, 1.82) is 0 Å². The number of aliphatic carboxylic acids is 1. The average Bonchev–Trinajstić information content (AvgIpc) is 2.66. The number of hydrogen-bond acceptors (Lipinski definition) is 4. The lowest BCUT2D eigenvalue weighted by atomic mass is 10.1. The predicted molar refractivity (Wildman–Crippen MR) is 74.6 cm³/mol. The van der Waals surface area contributed by atoms with Crippen LogP contribution in [0.15, 0.2) is 0 Å². The molecule has 0 spiro atoms. The Hall–Kier alpha value is -1.43. The molecule has 106 valence electrons. The number of aryl methyl sites for hydroxylation is 2. The van der Waals surface area contributed by atoms with E-state index in [1.165, 1.54) is 11.3 Å². The van der Waals surface area contributed by atoms with E-state index in [2.05, 4.69) is 10.3 Å². The third-order valence-corrected chi connectivity index (χ3v) is 3.61. The third kappa shape index (κ3) is 5.83. The van der Waals surface area contributed by atoms with Gasteiger partial charge in [-0.2, -0.15) is 0 Å². The fourth-order valence-electron chi connectivity index (χ4n) is 1.78. The van der Waals surface area contributed by atoms with E-state index >= 15 is 0 Å². The summed E-state index contributed by atoms with van der Waals surface area (Å²) in [5.41, 5.74) is 0.522. The van der Waals surface area contributed by atoms with Gasteiger partial charge in [-0.3, -0.25) is 9.59 Å². The molecule has 1 heterocycles. The van der Waals surface area contributed by atoms with Gasteiger partial charge in [0.2, 0.25) is 0 Å². The van der Waals surface area contributed by atoms with Crippen molar-refractivity contribution in [3.05, 3.63) is 15.6 Å². The molecule has 19 heavy (non-hydrogen) atoms. The van der Waals surface area contributed by atoms with E-state index in [1.807, 2.05) is 13.8 Å². The lowest BCUT2D eigenvalue weighted by molar-refractivity contribution is -0.137. The second kappa shape index (κ2) is 7.89. The molecule has 5 nitrogen and oxygen atoms in total. The van der Waals surface area contributed by atoms with Crippen LogP contribution in [0, 0.1) is 13.8 Å². The van der Waals surface area contributed by atoms with Crippen molar-refractivity contribution in [3.8, 4) is 0 Å². The van der Waals surface area contributed by atoms with Crippen molar-refractivity contribution in [2.75, 3.05) is 6.54 Å². The zero-order valence-electron chi connectivity index (χ0n) is 11.4. The highest BCUT2D eigenvalue weighted by Gasteiger charge is 2.12. The Morgan fingerprint density at radius 3 is 2.47 bits per heavy atom. The molecule has 1 amide bonds. The van der Waals surface area contributed by atoms with E-state index in [0.29, 0.717) is 18.7 Å². The molecule has 0 saturated heterocycles. The fraction of sp³-hybridized carbons (Fsp3) is 0.615. The molecule has 0 unspecified atom stereocenters. The molecule has 0 bridgehead atoms. The summed E-state index contributed by atoms with van der Waals surface area (Å²) in [5.74, 6) is -0.866. The van der Waals surface area contributed by atoms with Gasteiger partial charge in [-0.05, 0) is 26.7 Å². The van der Waals surface area contributed by atoms with Crippen LogP contribution in [0.3, 0.4) is 0 Å². The molecule has 1 aromatic rings. The number of amides is 1. The number of carbonyl (C=O) groups is 2. The summed E-state index contributed by atoms with van der Waals surface area (Å²) in [4.78, 5) is 27.3. The number of rotatable bonds is 8. The van der Waals surface area contributed by atoms with Crippen LogP contribution in [0.4, 0.5) is 0 Å². The molecular formula is C13H20N2O3S. The average molecular weight is 284 g/mol. The molecular weight excluding hydrogens is 264 g/mol. The van der Waals surface area contributed by atoms with Crippen LogP contribution in [-0.4, -0.2) is 28.5 Å². The summed E-state index contributed by atoms with van der Waals surface area (Å²) in [5, 5.41) is 12.2. The number of nitrogens with zero attached hydrogens (tertiary/aromatic N) is 1. The third-order valence-electron chi connectivity index (χ3n) is 2.72. The van der Waals surface area contributed by atoms with Crippen LogP contribution in [-0.2, 0) is 4.79 Å². The first-order valence-corrected chi connectivity index (χ1v) is 7.26. The maximum Gasteiger partial charge on any atom is 0.303 e. The normalized spacial score (nSPS) is 10.4. The Morgan fingerprint density at radius 2 is 1.89 bits per heavy atom. The zero-order chi connectivity index (χ0) is 14.3. The molecule has 1 rings (SSSR count). The van der Waals surface area contributed by atoms with E-state index in [1.54, 1.807) is 0 Å². The highest BCUT2D eigenvalue weighted by molar-refractivity contribution is 7.11. The summed E-state index contributed by atoms with van der Waals surface area (Å²) in [6, 6.07) is 0. The Balaban J connectivity index is 2.14. The molecule has 0 aliphatic carbocycles. The zero-order valence-corrected chi connectivity index (χ0v) is 12.2. The van der Waals surface area contributed by atoms with E-state index in [-0.39, 0.29) is 12.3 Å². The van der Waals surface area contributed by atoms with Gasteiger partial charge in [0.05, 0.1) is 5.01 Å². The highest BCUT2D eigenvalue weighted by atomic mass is 32.1. The Kier molecular flexibility index (Phi) is 6.49. The van der Waals surface area contributed by atoms with Gasteiger partial charge < -0.3 is 10.4 Å². The molecule has 0 aliphatic heterocycles. The summed E-state index contributed by atoms with van der Waals surface area (Å²) in [6.45, 7) is 4.39. The van der Waals surface area contributed by atoms with E-state index < -0.39 is 5.97 Å². The van der Waals surface area contributed by atoms with Crippen molar-refractivity contribution >= 4 is 23.2 Å². The number of carbonyl (C=O) groups excluding carboxylic acids is 1. The highest BCUT2D eigenvalue weighted by Crippen LogP contribution is 2.16. The second-order valence-corrected chi connectivity index (χ2v) is 5.86. The number of hydrogen-bond donors (Lipinski definition) is 2.